The minimum atomic E-state index is -0.117. The molecule has 1 aromatic rings. The third-order valence-corrected chi connectivity index (χ3v) is 3.23. The van der Waals surface area contributed by atoms with Gasteiger partial charge in [-0.05, 0) is 25.0 Å². The van der Waals surface area contributed by atoms with Crippen LogP contribution in [0.3, 0.4) is 0 Å². The van der Waals surface area contributed by atoms with E-state index in [1.165, 1.54) is 7.11 Å². The molecular weight excluding hydrogens is 242 g/mol. The number of hydrogen-bond donors (Lipinski definition) is 1. The normalized spacial score (nSPS) is 13.7. The van der Waals surface area contributed by atoms with E-state index < -0.39 is 0 Å². The molecular formula is C14H17N3O2. The first-order valence-corrected chi connectivity index (χ1v) is 6.29. The number of carbonyl (C=O) groups is 1. The average molecular weight is 259 g/mol. The molecule has 2 N–H and O–H groups in total. The lowest BCUT2D eigenvalue weighted by Crippen LogP contribution is -2.34. The Kier molecular flexibility index (Phi) is 3.91. The van der Waals surface area contributed by atoms with E-state index in [2.05, 4.69) is 6.07 Å². The summed E-state index contributed by atoms with van der Waals surface area (Å²) in [4.78, 5) is 14.2. The van der Waals surface area contributed by atoms with Gasteiger partial charge in [-0.3, -0.25) is 4.79 Å². The van der Waals surface area contributed by atoms with Gasteiger partial charge in [0.25, 0.3) is 5.91 Å². The summed E-state index contributed by atoms with van der Waals surface area (Å²) >= 11 is 0. The Balaban J connectivity index is 2.24. The molecule has 0 unspecified atom stereocenters. The first kappa shape index (κ1) is 13.2. The fourth-order valence-corrected chi connectivity index (χ4v) is 2.07. The lowest BCUT2D eigenvalue weighted by Gasteiger charge is -2.22. The molecule has 19 heavy (non-hydrogen) atoms. The van der Waals surface area contributed by atoms with Crippen molar-refractivity contribution in [3.8, 4) is 11.8 Å². The molecule has 0 saturated heterocycles. The molecule has 1 fully saturated rings. The number of amides is 1. The van der Waals surface area contributed by atoms with E-state index in [0.29, 0.717) is 30.0 Å². The van der Waals surface area contributed by atoms with Crippen molar-refractivity contribution in [2.24, 2.45) is 0 Å². The number of rotatable bonds is 5. The van der Waals surface area contributed by atoms with Gasteiger partial charge in [-0.2, -0.15) is 5.26 Å². The highest BCUT2D eigenvalue weighted by Crippen LogP contribution is 2.31. The predicted molar refractivity (Wildman–Crippen MR) is 71.7 cm³/mol. The number of carbonyl (C=O) groups excluding carboxylic acids is 1. The Morgan fingerprint density at radius 2 is 2.32 bits per heavy atom. The number of nitrogen functional groups attached to an aromatic ring is 1. The van der Waals surface area contributed by atoms with Crippen LogP contribution in [0.5, 0.6) is 5.75 Å². The van der Waals surface area contributed by atoms with Crippen LogP contribution in [0.2, 0.25) is 0 Å². The summed E-state index contributed by atoms with van der Waals surface area (Å²) in [5, 5.41) is 8.67. The number of methoxy groups -OCH3 is 1. The molecule has 0 aromatic heterocycles. The molecule has 1 aliphatic rings. The zero-order chi connectivity index (χ0) is 13.8. The fraction of sp³-hybridized carbons (Fsp3) is 0.429. The largest absolute Gasteiger partial charge is 0.495 e. The summed E-state index contributed by atoms with van der Waals surface area (Å²) in [5.74, 6) is 0.385. The quantitative estimate of drug-likeness (QED) is 0.818. The Morgan fingerprint density at radius 3 is 2.89 bits per heavy atom. The van der Waals surface area contributed by atoms with Crippen molar-refractivity contribution >= 4 is 11.6 Å². The number of para-hydroxylation sites is 1. The standard InChI is InChI=1S/C14H17N3O2/c1-19-12-5-2-4-11(13(12)16)14(18)17(9-3-8-15)10-6-7-10/h2,4-5,10H,3,6-7,9,16H2,1H3. The monoisotopic (exact) mass is 259 g/mol. The summed E-state index contributed by atoms with van der Waals surface area (Å²) < 4.78 is 5.12. The summed E-state index contributed by atoms with van der Waals surface area (Å²) in [6.07, 6.45) is 2.34. The molecule has 0 atom stereocenters. The van der Waals surface area contributed by atoms with Crippen molar-refractivity contribution in [1.82, 2.24) is 4.90 Å². The highest BCUT2D eigenvalue weighted by atomic mass is 16.5. The maximum absolute atomic E-state index is 12.5. The summed E-state index contributed by atoms with van der Waals surface area (Å²) in [5.41, 5.74) is 6.75. The maximum atomic E-state index is 12.5. The lowest BCUT2D eigenvalue weighted by molar-refractivity contribution is 0.0747. The first-order chi connectivity index (χ1) is 9.19. The number of hydrogen-bond acceptors (Lipinski definition) is 4. The number of benzene rings is 1. The number of nitrogens with two attached hydrogens (primary N) is 1. The summed E-state index contributed by atoms with van der Waals surface area (Å²) in [6, 6.07) is 7.50. The van der Waals surface area contributed by atoms with E-state index in [9.17, 15) is 4.79 Å². The van der Waals surface area contributed by atoms with E-state index in [1.807, 2.05) is 0 Å². The molecule has 1 aliphatic carbocycles. The highest BCUT2D eigenvalue weighted by molar-refractivity contribution is 6.00. The Labute approximate surface area is 112 Å². The number of nitriles is 1. The second kappa shape index (κ2) is 5.61. The van der Waals surface area contributed by atoms with Gasteiger partial charge in [-0.15, -0.1) is 0 Å². The molecule has 0 heterocycles. The van der Waals surface area contributed by atoms with E-state index in [-0.39, 0.29) is 11.9 Å². The molecule has 1 amide bonds. The summed E-state index contributed by atoms with van der Waals surface area (Å²) in [6.45, 7) is 0.455. The first-order valence-electron chi connectivity index (χ1n) is 6.29. The smallest absolute Gasteiger partial charge is 0.256 e. The zero-order valence-corrected chi connectivity index (χ0v) is 10.9. The van der Waals surface area contributed by atoms with Gasteiger partial charge >= 0.3 is 0 Å². The topological polar surface area (TPSA) is 79.3 Å². The number of nitrogens with zero attached hydrogens (tertiary/aromatic N) is 2. The van der Waals surface area contributed by atoms with Crippen molar-refractivity contribution in [2.45, 2.75) is 25.3 Å². The van der Waals surface area contributed by atoms with E-state index in [0.717, 1.165) is 12.8 Å². The van der Waals surface area contributed by atoms with E-state index >= 15 is 0 Å². The van der Waals surface area contributed by atoms with Crippen LogP contribution in [0.4, 0.5) is 5.69 Å². The number of ether oxygens (including phenoxy) is 1. The van der Waals surface area contributed by atoms with Gasteiger partial charge in [0.05, 0.1) is 30.9 Å². The van der Waals surface area contributed by atoms with Crippen molar-refractivity contribution in [1.29, 1.82) is 5.26 Å². The van der Waals surface area contributed by atoms with Crippen LogP contribution < -0.4 is 10.5 Å². The molecule has 0 spiro atoms. The van der Waals surface area contributed by atoms with Gasteiger partial charge in [0.2, 0.25) is 0 Å². The van der Waals surface area contributed by atoms with Crippen LogP contribution in [-0.4, -0.2) is 30.5 Å². The Bertz CT molecular complexity index is 518. The average Bonchev–Trinajstić information content (AvgIpc) is 3.24. The predicted octanol–water partition coefficient (Wildman–Crippen LogP) is 1.80. The molecule has 0 bridgehead atoms. The van der Waals surface area contributed by atoms with Gasteiger partial charge in [0.15, 0.2) is 0 Å². The summed E-state index contributed by atoms with van der Waals surface area (Å²) in [7, 11) is 1.52. The molecule has 5 heteroatoms. The van der Waals surface area contributed by atoms with Crippen LogP contribution in [0.15, 0.2) is 18.2 Å². The van der Waals surface area contributed by atoms with Crippen molar-refractivity contribution in [2.75, 3.05) is 19.4 Å². The van der Waals surface area contributed by atoms with Gasteiger partial charge in [0, 0.05) is 12.6 Å². The van der Waals surface area contributed by atoms with E-state index in [4.69, 9.17) is 15.7 Å². The van der Waals surface area contributed by atoms with E-state index in [1.54, 1.807) is 23.1 Å². The third-order valence-electron chi connectivity index (χ3n) is 3.23. The lowest BCUT2D eigenvalue weighted by atomic mass is 10.1. The molecule has 5 nitrogen and oxygen atoms in total. The number of anilines is 1. The fourth-order valence-electron chi connectivity index (χ4n) is 2.07. The molecule has 0 aliphatic heterocycles. The second-order valence-electron chi connectivity index (χ2n) is 4.56. The van der Waals surface area contributed by atoms with Crippen LogP contribution >= 0.6 is 0 Å². The molecule has 0 radical (unpaired) electrons. The minimum absolute atomic E-state index is 0.117. The van der Waals surface area contributed by atoms with Crippen molar-refractivity contribution in [3.05, 3.63) is 23.8 Å². The zero-order valence-electron chi connectivity index (χ0n) is 10.9. The third kappa shape index (κ3) is 2.79. The SMILES string of the molecule is COc1cccc(C(=O)N(CCC#N)C2CC2)c1N. The highest BCUT2D eigenvalue weighted by Gasteiger charge is 2.33. The second-order valence-corrected chi connectivity index (χ2v) is 4.56. The van der Waals surface area contributed by atoms with Gasteiger partial charge in [-0.25, -0.2) is 0 Å². The molecule has 1 saturated carbocycles. The van der Waals surface area contributed by atoms with Crippen LogP contribution in [0, 0.1) is 11.3 Å². The van der Waals surface area contributed by atoms with Gasteiger partial charge in [0.1, 0.15) is 5.75 Å². The maximum Gasteiger partial charge on any atom is 0.256 e. The van der Waals surface area contributed by atoms with Crippen molar-refractivity contribution < 1.29 is 9.53 Å². The van der Waals surface area contributed by atoms with Crippen LogP contribution in [0.25, 0.3) is 0 Å². The van der Waals surface area contributed by atoms with Crippen molar-refractivity contribution in [3.63, 3.8) is 0 Å². The Hall–Kier alpha value is -2.22. The van der Waals surface area contributed by atoms with Gasteiger partial charge < -0.3 is 15.4 Å². The minimum Gasteiger partial charge on any atom is -0.495 e. The Morgan fingerprint density at radius 1 is 1.58 bits per heavy atom. The van der Waals surface area contributed by atoms with Crippen LogP contribution in [-0.2, 0) is 0 Å². The van der Waals surface area contributed by atoms with Crippen LogP contribution in [0.1, 0.15) is 29.6 Å². The molecule has 2 rings (SSSR count). The van der Waals surface area contributed by atoms with Gasteiger partial charge in [-0.1, -0.05) is 6.07 Å². The molecule has 1 aromatic carbocycles. The molecule has 100 valence electrons.